The Bertz CT molecular complexity index is 1220. The van der Waals surface area contributed by atoms with Gasteiger partial charge in [-0.25, -0.2) is 13.4 Å². The third kappa shape index (κ3) is 6.13. The minimum atomic E-state index is -4.45. The van der Waals surface area contributed by atoms with E-state index >= 15 is 0 Å². The number of hydrogen-bond donors (Lipinski definition) is 2. The first-order valence-corrected chi connectivity index (χ1v) is 13.1. The lowest BCUT2D eigenvalue weighted by molar-refractivity contribution is -0.144. The molecule has 14 heteroatoms. The summed E-state index contributed by atoms with van der Waals surface area (Å²) in [6.07, 6.45) is -2.72. The van der Waals surface area contributed by atoms with Crippen LogP contribution >= 0.6 is 0 Å². The molecule has 0 bridgehead atoms. The number of hydrogen-bond acceptors (Lipinski definition) is 7. The Kier molecular flexibility index (Phi) is 7.59. The van der Waals surface area contributed by atoms with Gasteiger partial charge >= 0.3 is 18.0 Å². The number of nitrogens with two attached hydrogens (primary N) is 1. The Hall–Kier alpha value is -3.39. The molecule has 0 spiro atoms. The van der Waals surface area contributed by atoms with Crippen LogP contribution in [0, 0.1) is 0 Å². The molecule has 3 N–H and O–H groups in total. The fourth-order valence-electron chi connectivity index (χ4n) is 4.40. The summed E-state index contributed by atoms with van der Waals surface area (Å²) in [5.41, 5.74) is 5.02. The first kappa shape index (κ1) is 26.7. The van der Waals surface area contributed by atoms with Gasteiger partial charge < -0.3 is 20.9 Å². The highest BCUT2D eigenvalue weighted by atomic mass is 32.2. The first-order chi connectivity index (χ1) is 17.4. The van der Waals surface area contributed by atoms with Crippen LogP contribution in [0.2, 0.25) is 0 Å². The van der Waals surface area contributed by atoms with Crippen molar-refractivity contribution in [2.45, 2.75) is 30.0 Å². The van der Waals surface area contributed by atoms with Crippen molar-refractivity contribution in [3.05, 3.63) is 48.2 Å². The maximum absolute atomic E-state index is 13.1. The van der Waals surface area contributed by atoms with E-state index in [1.165, 1.54) is 15.3 Å². The third-order valence-corrected chi connectivity index (χ3v) is 8.43. The SMILES string of the molecule is NC(=O)C(=O)N1CCN(c2ccc(S(=O)(=O)N3CCC(Nc4ccc(C(F)(F)F)cn4)CC3)cc2)CC1. The van der Waals surface area contributed by atoms with Gasteiger partial charge in [0.1, 0.15) is 5.82 Å². The molecule has 2 aliphatic heterocycles. The van der Waals surface area contributed by atoms with Gasteiger partial charge in [-0.1, -0.05) is 0 Å². The number of piperidine rings is 1. The number of primary amides is 1. The van der Waals surface area contributed by atoms with Crippen molar-refractivity contribution < 1.29 is 31.2 Å². The van der Waals surface area contributed by atoms with Crippen molar-refractivity contribution in [2.75, 3.05) is 49.5 Å². The summed E-state index contributed by atoms with van der Waals surface area (Å²) >= 11 is 0. The van der Waals surface area contributed by atoms with Crippen LogP contribution in [-0.2, 0) is 25.8 Å². The predicted octanol–water partition coefficient (Wildman–Crippen LogP) is 1.50. The number of aromatic nitrogens is 1. The second kappa shape index (κ2) is 10.5. The number of pyridine rings is 1. The van der Waals surface area contributed by atoms with E-state index in [1.54, 1.807) is 24.3 Å². The molecule has 4 rings (SSSR count). The Morgan fingerprint density at radius 3 is 2.08 bits per heavy atom. The quantitative estimate of drug-likeness (QED) is 0.550. The fraction of sp³-hybridized carbons (Fsp3) is 0.435. The average Bonchev–Trinajstić information content (AvgIpc) is 2.88. The van der Waals surface area contributed by atoms with E-state index in [0.717, 1.165) is 18.0 Å². The number of sulfonamides is 1. The monoisotopic (exact) mass is 540 g/mol. The second-order valence-corrected chi connectivity index (χ2v) is 10.8. The molecule has 10 nitrogen and oxygen atoms in total. The van der Waals surface area contributed by atoms with Crippen molar-refractivity contribution in [1.82, 2.24) is 14.2 Å². The first-order valence-electron chi connectivity index (χ1n) is 11.7. The van der Waals surface area contributed by atoms with Gasteiger partial charge in [0, 0.05) is 57.2 Å². The summed E-state index contributed by atoms with van der Waals surface area (Å²) in [5, 5.41) is 3.08. The summed E-state index contributed by atoms with van der Waals surface area (Å²) in [7, 11) is -3.72. The number of piperazine rings is 1. The van der Waals surface area contributed by atoms with Crippen molar-refractivity contribution in [3.63, 3.8) is 0 Å². The van der Waals surface area contributed by atoms with Gasteiger partial charge in [0.05, 0.1) is 10.5 Å². The summed E-state index contributed by atoms with van der Waals surface area (Å²) in [5.74, 6) is -1.39. The summed E-state index contributed by atoms with van der Waals surface area (Å²) < 4.78 is 65.8. The van der Waals surface area contributed by atoms with E-state index in [2.05, 4.69) is 10.3 Å². The van der Waals surface area contributed by atoms with E-state index in [0.29, 0.717) is 44.8 Å². The zero-order valence-corrected chi connectivity index (χ0v) is 20.6. The van der Waals surface area contributed by atoms with Gasteiger partial charge in [-0.05, 0) is 49.2 Å². The highest BCUT2D eigenvalue weighted by Crippen LogP contribution is 2.29. The number of benzene rings is 1. The molecule has 2 fully saturated rings. The highest BCUT2D eigenvalue weighted by molar-refractivity contribution is 7.89. The Morgan fingerprint density at radius 2 is 1.57 bits per heavy atom. The summed E-state index contributed by atoms with van der Waals surface area (Å²) in [6.45, 7) is 2.18. The standard InChI is InChI=1S/C23H27F3N6O4S/c24-23(25,26)16-1-6-20(28-15-16)29-17-7-9-32(10-8-17)37(35,36)19-4-2-18(3-5-19)30-11-13-31(14-12-30)22(34)21(27)33/h1-6,15,17H,7-14H2,(H2,27,33)(H,28,29). The maximum atomic E-state index is 13.1. The number of anilines is 2. The van der Waals surface area contributed by atoms with Crippen molar-refractivity contribution in [2.24, 2.45) is 5.73 Å². The van der Waals surface area contributed by atoms with Gasteiger partial charge in [0.2, 0.25) is 10.0 Å². The van der Waals surface area contributed by atoms with E-state index < -0.39 is 33.6 Å². The lowest BCUT2D eigenvalue weighted by Gasteiger charge is -2.35. The molecule has 2 amide bonds. The number of alkyl halides is 3. The van der Waals surface area contributed by atoms with Gasteiger partial charge in [-0.3, -0.25) is 9.59 Å². The zero-order valence-electron chi connectivity index (χ0n) is 19.8. The predicted molar refractivity (Wildman–Crippen MR) is 129 cm³/mol. The van der Waals surface area contributed by atoms with Crippen molar-refractivity contribution in [1.29, 1.82) is 0 Å². The molecule has 0 saturated carbocycles. The molecule has 1 aromatic carbocycles. The molecule has 0 aliphatic carbocycles. The van der Waals surface area contributed by atoms with Gasteiger partial charge in [0.15, 0.2) is 0 Å². The van der Waals surface area contributed by atoms with Gasteiger partial charge in [0.25, 0.3) is 0 Å². The molecular weight excluding hydrogens is 513 g/mol. The second-order valence-electron chi connectivity index (χ2n) is 8.89. The minimum absolute atomic E-state index is 0.113. The summed E-state index contributed by atoms with van der Waals surface area (Å²) in [6, 6.07) is 8.62. The normalized spacial score (nSPS) is 18.0. The Labute approximate surface area is 212 Å². The number of carbonyl (C=O) groups excluding carboxylic acids is 2. The average molecular weight is 541 g/mol. The van der Waals surface area contributed by atoms with Crippen LogP contribution in [0.5, 0.6) is 0 Å². The molecule has 2 aromatic rings. The highest BCUT2D eigenvalue weighted by Gasteiger charge is 2.32. The molecule has 0 radical (unpaired) electrons. The van der Waals surface area contributed by atoms with Crippen LogP contribution in [0.1, 0.15) is 18.4 Å². The molecule has 37 heavy (non-hydrogen) atoms. The maximum Gasteiger partial charge on any atom is 0.417 e. The molecular formula is C23H27F3N6O4S. The molecule has 1 aromatic heterocycles. The largest absolute Gasteiger partial charge is 0.417 e. The van der Waals surface area contributed by atoms with E-state index in [9.17, 15) is 31.2 Å². The molecule has 200 valence electrons. The zero-order chi connectivity index (χ0) is 26.8. The van der Waals surface area contributed by atoms with Gasteiger partial charge in [-0.2, -0.15) is 17.5 Å². The van der Waals surface area contributed by atoms with Crippen LogP contribution in [0.25, 0.3) is 0 Å². The molecule has 0 unspecified atom stereocenters. The topological polar surface area (TPSA) is 129 Å². The lowest BCUT2D eigenvalue weighted by atomic mass is 10.1. The van der Waals surface area contributed by atoms with Crippen LogP contribution in [0.15, 0.2) is 47.5 Å². The van der Waals surface area contributed by atoms with E-state index in [4.69, 9.17) is 5.73 Å². The Morgan fingerprint density at radius 1 is 0.946 bits per heavy atom. The van der Waals surface area contributed by atoms with E-state index in [-0.39, 0.29) is 24.0 Å². The van der Waals surface area contributed by atoms with E-state index in [1.807, 2.05) is 4.90 Å². The summed E-state index contributed by atoms with van der Waals surface area (Å²) in [4.78, 5) is 30.2. The van der Waals surface area contributed by atoms with Crippen LogP contribution in [-0.4, -0.2) is 79.7 Å². The van der Waals surface area contributed by atoms with Crippen LogP contribution < -0.4 is 16.0 Å². The van der Waals surface area contributed by atoms with Crippen LogP contribution in [0.3, 0.4) is 0 Å². The number of amides is 2. The third-order valence-electron chi connectivity index (χ3n) is 6.51. The Balaban J connectivity index is 1.31. The molecule has 0 atom stereocenters. The lowest BCUT2D eigenvalue weighted by Crippen LogP contribution is -2.51. The van der Waals surface area contributed by atoms with Crippen molar-refractivity contribution in [3.8, 4) is 0 Å². The smallest absolute Gasteiger partial charge is 0.368 e. The number of rotatable bonds is 5. The number of nitrogens with one attached hydrogen (secondary N) is 1. The molecule has 3 heterocycles. The number of carbonyl (C=O) groups is 2. The fourth-order valence-corrected chi connectivity index (χ4v) is 5.87. The molecule has 2 saturated heterocycles. The van der Waals surface area contributed by atoms with Crippen molar-refractivity contribution >= 4 is 33.3 Å². The van der Waals surface area contributed by atoms with Gasteiger partial charge in [-0.15, -0.1) is 0 Å². The number of nitrogens with zero attached hydrogens (tertiary/aromatic N) is 4. The molecule has 2 aliphatic rings. The number of halogens is 3. The van der Waals surface area contributed by atoms with Crippen LogP contribution in [0.4, 0.5) is 24.7 Å². The minimum Gasteiger partial charge on any atom is -0.368 e.